The predicted octanol–water partition coefficient (Wildman–Crippen LogP) is 1.48. The summed E-state index contributed by atoms with van der Waals surface area (Å²) >= 11 is 0. The van der Waals surface area contributed by atoms with Gasteiger partial charge in [0, 0.05) is 32.2 Å². The molecule has 0 spiro atoms. The molecule has 0 atom stereocenters. The summed E-state index contributed by atoms with van der Waals surface area (Å²) in [5.74, 6) is -0.208. The van der Waals surface area contributed by atoms with Gasteiger partial charge in [0.15, 0.2) is 6.61 Å². The summed E-state index contributed by atoms with van der Waals surface area (Å²) in [5, 5.41) is 0. The van der Waals surface area contributed by atoms with Gasteiger partial charge < -0.3 is 9.64 Å². The number of ether oxygens (including phenoxy) is 1. The predicted molar refractivity (Wildman–Crippen MR) is 88.7 cm³/mol. The van der Waals surface area contributed by atoms with Gasteiger partial charge >= 0.3 is 0 Å². The highest BCUT2D eigenvalue weighted by atomic mass is 32.2. The maximum absolute atomic E-state index is 13.1. The van der Waals surface area contributed by atoms with Crippen molar-refractivity contribution in [2.45, 2.75) is 19.8 Å². The Kier molecular flexibility index (Phi) is 6.56. The van der Waals surface area contributed by atoms with Gasteiger partial charge in [0.05, 0.1) is 5.75 Å². The van der Waals surface area contributed by atoms with Crippen LogP contribution in [0.25, 0.3) is 0 Å². The third-order valence-corrected chi connectivity index (χ3v) is 5.86. The number of hydrogen-bond acceptors (Lipinski definition) is 4. The summed E-state index contributed by atoms with van der Waals surface area (Å²) in [5.41, 5.74) is 0. The monoisotopic (exact) mass is 358 g/mol. The van der Waals surface area contributed by atoms with Crippen molar-refractivity contribution in [1.29, 1.82) is 0 Å². The van der Waals surface area contributed by atoms with E-state index in [1.54, 1.807) is 11.0 Å². The number of piperazine rings is 1. The minimum atomic E-state index is -3.23. The highest BCUT2D eigenvalue weighted by molar-refractivity contribution is 7.89. The maximum atomic E-state index is 13.1. The van der Waals surface area contributed by atoms with Gasteiger partial charge in [-0.3, -0.25) is 4.79 Å². The third kappa shape index (κ3) is 5.17. The van der Waals surface area contributed by atoms with Crippen LogP contribution in [0.15, 0.2) is 24.3 Å². The molecule has 1 aliphatic heterocycles. The van der Waals surface area contributed by atoms with Crippen molar-refractivity contribution in [1.82, 2.24) is 9.21 Å². The molecular weight excluding hydrogens is 335 g/mol. The van der Waals surface area contributed by atoms with Gasteiger partial charge in [-0.2, -0.15) is 4.31 Å². The lowest BCUT2D eigenvalue weighted by atomic mass is 10.3. The van der Waals surface area contributed by atoms with E-state index in [0.29, 0.717) is 38.3 Å². The number of rotatable bonds is 7. The molecule has 2 rings (SSSR count). The summed E-state index contributed by atoms with van der Waals surface area (Å²) in [6.07, 6.45) is 1.47. The van der Waals surface area contributed by atoms with Gasteiger partial charge in [-0.15, -0.1) is 0 Å². The van der Waals surface area contributed by atoms with Gasteiger partial charge in [0.1, 0.15) is 11.6 Å². The topological polar surface area (TPSA) is 66.9 Å². The standard InChI is InChI=1S/C16H23FN2O4S/c1-2-3-11-24(21,22)19-9-7-18(8-10-19)16(20)13-23-15-6-4-5-14(17)12-15/h4-6,12H,2-3,7-11,13H2,1H3. The molecule has 0 aromatic heterocycles. The first-order chi connectivity index (χ1) is 11.4. The van der Waals surface area contributed by atoms with E-state index in [1.165, 1.54) is 22.5 Å². The molecule has 0 aliphatic carbocycles. The van der Waals surface area contributed by atoms with Crippen LogP contribution in [0.1, 0.15) is 19.8 Å². The number of nitrogens with zero attached hydrogens (tertiary/aromatic N) is 2. The first-order valence-corrected chi connectivity index (χ1v) is 9.67. The lowest BCUT2D eigenvalue weighted by Crippen LogP contribution is -2.52. The summed E-state index contributed by atoms with van der Waals surface area (Å²) in [7, 11) is -3.23. The summed E-state index contributed by atoms with van der Waals surface area (Å²) in [4.78, 5) is 13.7. The number of carbonyl (C=O) groups excluding carboxylic acids is 1. The van der Waals surface area contributed by atoms with Crippen molar-refractivity contribution >= 4 is 15.9 Å². The minimum Gasteiger partial charge on any atom is -0.484 e. The lowest BCUT2D eigenvalue weighted by molar-refractivity contribution is -0.134. The summed E-state index contributed by atoms with van der Waals surface area (Å²) in [6, 6.07) is 5.60. The zero-order valence-corrected chi connectivity index (χ0v) is 14.6. The Labute approximate surface area is 142 Å². The van der Waals surface area contributed by atoms with Crippen LogP contribution in [0.5, 0.6) is 5.75 Å². The fourth-order valence-corrected chi connectivity index (χ4v) is 4.10. The normalized spacial score (nSPS) is 16.2. The van der Waals surface area contributed by atoms with Gasteiger partial charge in [-0.05, 0) is 18.6 Å². The van der Waals surface area contributed by atoms with Crippen molar-refractivity contribution in [3.8, 4) is 5.75 Å². The highest BCUT2D eigenvalue weighted by Crippen LogP contribution is 2.13. The maximum Gasteiger partial charge on any atom is 0.260 e. The Morgan fingerprint density at radius 3 is 2.58 bits per heavy atom. The quantitative estimate of drug-likeness (QED) is 0.740. The third-order valence-electron chi connectivity index (χ3n) is 3.90. The Morgan fingerprint density at radius 2 is 1.96 bits per heavy atom. The molecule has 1 aromatic carbocycles. The fourth-order valence-electron chi connectivity index (χ4n) is 2.46. The smallest absolute Gasteiger partial charge is 0.260 e. The summed E-state index contributed by atoms with van der Waals surface area (Å²) < 4.78 is 44.0. The Morgan fingerprint density at radius 1 is 1.25 bits per heavy atom. The molecular formula is C16H23FN2O4S. The Hall–Kier alpha value is -1.67. The minimum absolute atomic E-state index is 0.153. The second kappa shape index (κ2) is 8.43. The number of amides is 1. The van der Waals surface area contributed by atoms with Crippen LogP contribution in [-0.4, -0.2) is 62.1 Å². The molecule has 6 nitrogen and oxygen atoms in total. The van der Waals surface area contributed by atoms with Crippen LogP contribution in [-0.2, 0) is 14.8 Å². The van der Waals surface area contributed by atoms with Crippen molar-refractivity contribution in [2.24, 2.45) is 0 Å². The second-order valence-electron chi connectivity index (χ2n) is 5.70. The molecule has 24 heavy (non-hydrogen) atoms. The molecule has 1 saturated heterocycles. The number of unbranched alkanes of at least 4 members (excludes halogenated alkanes) is 1. The molecule has 8 heteroatoms. The molecule has 1 aliphatic rings. The van der Waals surface area contributed by atoms with E-state index in [-0.39, 0.29) is 18.3 Å². The average molecular weight is 358 g/mol. The van der Waals surface area contributed by atoms with E-state index in [9.17, 15) is 17.6 Å². The SMILES string of the molecule is CCCCS(=O)(=O)N1CCN(C(=O)COc2cccc(F)c2)CC1. The number of benzene rings is 1. The van der Waals surface area contributed by atoms with E-state index >= 15 is 0 Å². The molecule has 1 amide bonds. The lowest BCUT2D eigenvalue weighted by Gasteiger charge is -2.34. The van der Waals surface area contributed by atoms with E-state index < -0.39 is 15.8 Å². The molecule has 1 aromatic rings. The molecule has 0 N–H and O–H groups in total. The number of carbonyl (C=O) groups is 1. The van der Waals surface area contributed by atoms with Crippen LogP contribution in [0, 0.1) is 5.82 Å². The molecule has 0 bridgehead atoms. The van der Waals surface area contributed by atoms with Crippen molar-refractivity contribution in [3.63, 3.8) is 0 Å². The van der Waals surface area contributed by atoms with E-state index in [0.717, 1.165) is 6.42 Å². The van der Waals surface area contributed by atoms with Crippen LogP contribution in [0.2, 0.25) is 0 Å². The van der Waals surface area contributed by atoms with E-state index in [1.807, 2.05) is 6.92 Å². The van der Waals surface area contributed by atoms with E-state index in [4.69, 9.17) is 4.74 Å². The molecule has 134 valence electrons. The van der Waals surface area contributed by atoms with E-state index in [2.05, 4.69) is 0 Å². The van der Waals surface area contributed by atoms with Crippen molar-refractivity contribution in [2.75, 3.05) is 38.5 Å². The van der Waals surface area contributed by atoms with Gasteiger partial charge in [-0.25, -0.2) is 12.8 Å². The zero-order chi connectivity index (χ0) is 17.6. The first kappa shape index (κ1) is 18.7. The van der Waals surface area contributed by atoms with Gasteiger partial charge in [-0.1, -0.05) is 19.4 Å². The molecule has 0 saturated carbocycles. The number of halogens is 1. The van der Waals surface area contributed by atoms with Crippen LogP contribution in [0.4, 0.5) is 4.39 Å². The highest BCUT2D eigenvalue weighted by Gasteiger charge is 2.28. The second-order valence-corrected chi connectivity index (χ2v) is 7.78. The van der Waals surface area contributed by atoms with Crippen LogP contribution >= 0.6 is 0 Å². The molecule has 0 radical (unpaired) electrons. The first-order valence-electron chi connectivity index (χ1n) is 8.06. The summed E-state index contributed by atoms with van der Waals surface area (Å²) in [6.45, 7) is 3.06. The van der Waals surface area contributed by atoms with Gasteiger partial charge in [0.2, 0.25) is 10.0 Å². The number of hydrogen-bond donors (Lipinski definition) is 0. The molecule has 1 fully saturated rings. The molecule has 1 heterocycles. The van der Waals surface area contributed by atoms with Crippen molar-refractivity contribution in [3.05, 3.63) is 30.1 Å². The fraction of sp³-hybridized carbons (Fsp3) is 0.562. The Bertz CT molecular complexity index is 658. The average Bonchev–Trinajstić information content (AvgIpc) is 2.58. The van der Waals surface area contributed by atoms with Crippen LogP contribution in [0.3, 0.4) is 0 Å². The molecule has 0 unspecified atom stereocenters. The van der Waals surface area contributed by atoms with Crippen LogP contribution < -0.4 is 4.74 Å². The Balaban J connectivity index is 1.80. The number of sulfonamides is 1. The largest absolute Gasteiger partial charge is 0.484 e. The van der Waals surface area contributed by atoms with Gasteiger partial charge in [0.25, 0.3) is 5.91 Å². The van der Waals surface area contributed by atoms with Crippen molar-refractivity contribution < 1.29 is 22.3 Å². The zero-order valence-electron chi connectivity index (χ0n) is 13.8.